The van der Waals surface area contributed by atoms with E-state index in [2.05, 4.69) is 53.2 Å². The number of amides is 1. The summed E-state index contributed by atoms with van der Waals surface area (Å²) < 4.78 is 2.11. The van der Waals surface area contributed by atoms with Crippen LogP contribution in [0.25, 0.3) is 11.4 Å². The first-order chi connectivity index (χ1) is 13.8. The van der Waals surface area contributed by atoms with E-state index in [1.165, 1.54) is 22.2 Å². The van der Waals surface area contributed by atoms with E-state index in [1.54, 1.807) is 17.4 Å². The van der Waals surface area contributed by atoms with Gasteiger partial charge in [-0.25, -0.2) is 0 Å². The van der Waals surface area contributed by atoms with Crippen molar-refractivity contribution in [3.8, 4) is 11.4 Å². The van der Waals surface area contributed by atoms with E-state index in [4.69, 9.17) is 11.6 Å². The highest BCUT2D eigenvalue weighted by Crippen LogP contribution is 2.34. The minimum Gasteiger partial charge on any atom is -0.325 e. The van der Waals surface area contributed by atoms with E-state index in [0.29, 0.717) is 5.02 Å². The van der Waals surface area contributed by atoms with Gasteiger partial charge in [-0.1, -0.05) is 36.4 Å². The molecule has 0 radical (unpaired) electrons. The normalized spacial score (nSPS) is 11.3. The number of aryl methyl sites for hydroxylation is 2. The third-order valence-corrected chi connectivity index (χ3v) is 6.82. The molecule has 5 nitrogen and oxygen atoms in total. The summed E-state index contributed by atoms with van der Waals surface area (Å²) in [6.45, 7) is 10.5. The maximum Gasteiger partial charge on any atom is 0.234 e. The Bertz CT molecular complexity index is 1030. The standard InChI is InChI=1S/C21H25ClN4OS2/c1-6-16-14(5)28-10-17(16)20-24-25-21(26(20)12(2)3)29-11-19(27)23-18-9-15(22)8-7-13(18)4/h7-10,12H,6,11H2,1-5H3,(H,23,27). The zero-order valence-electron chi connectivity index (χ0n) is 17.2. The van der Waals surface area contributed by atoms with Gasteiger partial charge in [-0.3, -0.25) is 9.36 Å². The summed E-state index contributed by atoms with van der Waals surface area (Å²) in [5.41, 5.74) is 4.16. The van der Waals surface area contributed by atoms with Crippen molar-refractivity contribution in [3.05, 3.63) is 44.6 Å². The summed E-state index contributed by atoms with van der Waals surface area (Å²) in [5, 5.41) is 15.3. The second-order valence-electron chi connectivity index (χ2n) is 7.10. The number of carbonyl (C=O) groups excluding carboxylic acids is 1. The molecule has 0 bridgehead atoms. The number of benzene rings is 1. The smallest absolute Gasteiger partial charge is 0.234 e. The molecule has 3 rings (SSSR count). The number of nitrogens with one attached hydrogen (secondary N) is 1. The molecule has 154 valence electrons. The lowest BCUT2D eigenvalue weighted by atomic mass is 10.1. The second kappa shape index (κ2) is 9.32. The molecular formula is C21H25ClN4OS2. The Kier molecular flexibility index (Phi) is 7.03. The van der Waals surface area contributed by atoms with Gasteiger partial charge in [0.05, 0.1) is 5.75 Å². The fourth-order valence-corrected chi connectivity index (χ4v) is 5.15. The molecular weight excluding hydrogens is 424 g/mol. The molecule has 0 unspecified atom stereocenters. The maximum atomic E-state index is 12.5. The van der Waals surface area contributed by atoms with Crippen molar-refractivity contribution in [2.75, 3.05) is 11.1 Å². The molecule has 2 aromatic heterocycles. The number of thioether (sulfide) groups is 1. The molecule has 29 heavy (non-hydrogen) atoms. The number of halogens is 1. The van der Waals surface area contributed by atoms with E-state index in [-0.39, 0.29) is 17.7 Å². The van der Waals surface area contributed by atoms with Gasteiger partial charge in [-0.15, -0.1) is 21.5 Å². The van der Waals surface area contributed by atoms with Crippen LogP contribution in [0, 0.1) is 13.8 Å². The summed E-state index contributed by atoms with van der Waals surface area (Å²) in [6.07, 6.45) is 0.958. The minimum atomic E-state index is -0.0964. The van der Waals surface area contributed by atoms with Crippen molar-refractivity contribution < 1.29 is 4.79 Å². The van der Waals surface area contributed by atoms with Crippen LogP contribution >= 0.6 is 34.7 Å². The van der Waals surface area contributed by atoms with Gasteiger partial charge in [0.1, 0.15) is 0 Å². The number of thiophene rings is 1. The number of nitrogens with zero attached hydrogens (tertiary/aromatic N) is 3. The van der Waals surface area contributed by atoms with Crippen LogP contribution in [0.1, 0.15) is 42.8 Å². The van der Waals surface area contributed by atoms with Gasteiger partial charge in [0.2, 0.25) is 5.91 Å². The predicted molar refractivity (Wildman–Crippen MR) is 123 cm³/mol. The van der Waals surface area contributed by atoms with Crippen LogP contribution in [0.5, 0.6) is 0 Å². The Balaban J connectivity index is 1.78. The molecule has 0 saturated heterocycles. The number of hydrogen-bond acceptors (Lipinski definition) is 5. The molecule has 0 atom stereocenters. The van der Waals surface area contributed by atoms with Gasteiger partial charge in [0.15, 0.2) is 11.0 Å². The number of hydrogen-bond donors (Lipinski definition) is 1. The van der Waals surface area contributed by atoms with Crippen molar-refractivity contribution in [1.29, 1.82) is 0 Å². The van der Waals surface area contributed by atoms with Crippen LogP contribution in [0.2, 0.25) is 5.02 Å². The Morgan fingerprint density at radius 2 is 2.07 bits per heavy atom. The Morgan fingerprint density at radius 1 is 1.31 bits per heavy atom. The van der Waals surface area contributed by atoms with E-state index >= 15 is 0 Å². The molecule has 8 heteroatoms. The third kappa shape index (κ3) is 4.85. The van der Waals surface area contributed by atoms with E-state index in [0.717, 1.165) is 34.2 Å². The fraction of sp³-hybridized carbons (Fsp3) is 0.381. The fourth-order valence-electron chi connectivity index (χ4n) is 3.18. The Morgan fingerprint density at radius 3 is 2.76 bits per heavy atom. The lowest BCUT2D eigenvalue weighted by molar-refractivity contribution is -0.113. The lowest BCUT2D eigenvalue weighted by Crippen LogP contribution is -2.15. The highest BCUT2D eigenvalue weighted by Gasteiger charge is 2.21. The summed E-state index contributed by atoms with van der Waals surface area (Å²) in [5.74, 6) is 1.02. The Hall–Kier alpha value is -1.83. The molecule has 1 N–H and O–H groups in total. The van der Waals surface area contributed by atoms with Crippen LogP contribution in [0.4, 0.5) is 5.69 Å². The molecule has 1 amide bonds. The number of aromatic nitrogens is 3. The van der Waals surface area contributed by atoms with Gasteiger partial charge >= 0.3 is 0 Å². The topological polar surface area (TPSA) is 59.8 Å². The molecule has 0 spiro atoms. The molecule has 1 aromatic carbocycles. The number of rotatable bonds is 7. The van der Waals surface area contributed by atoms with Crippen LogP contribution in [-0.4, -0.2) is 26.4 Å². The first kappa shape index (κ1) is 21.9. The average molecular weight is 449 g/mol. The van der Waals surface area contributed by atoms with Crippen molar-refractivity contribution in [3.63, 3.8) is 0 Å². The summed E-state index contributed by atoms with van der Waals surface area (Å²) >= 11 is 9.17. The SMILES string of the molecule is CCc1c(-c2nnc(SCC(=O)Nc3cc(Cl)ccc3C)n2C(C)C)csc1C. The largest absolute Gasteiger partial charge is 0.325 e. The molecule has 0 saturated carbocycles. The molecule has 0 fully saturated rings. The van der Waals surface area contributed by atoms with Crippen LogP contribution in [0.15, 0.2) is 28.7 Å². The molecule has 0 aliphatic heterocycles. The van der Waals surface area contributed by atoms with Gasteiger partial charge < -0.3 is 5.32 Å². The summed E-state index contributed by atoms with van der Waals surface area (Å²) in [4.78, 5) is 13.8. The zero-order chi connectivity index (χ0) is 21.1. The third-order valence-electron chi connectivity index (χ3n) is 4.69. The quantitative estimate of drug-likeness (QED) is 0.440. The van der Waals surface area contributed by atoms with E-state index in [1.807, 2.05) is 19.1 Å². The van der Waals surface area contributed by atoms with Crippen molar-refractivity contribution in [1.82, 2.24) is 14.8 Å². The van der Waals surface area contributed by atoms with Gasteiger partial charge in [-0.05, 0) is 57.4 Å². The first-order valence-corrected chi connectivity index (χ1v) is 11.8. The number of anilines is 1. The molecule has 2 heterocycles. The highest BCUT2D eigenvalue weighted by atomic mass is 35.5. The van der Waals surface area contributed by atoms with E-state index in [9.17, 15) is 4.79 Å². The van der Waals surface area contributed by atoms with Crippen LogP contribution in [-0.2, 0) is 11.2 Å². The molecule has 3 aromatic rings. The summed E-state index contributed by atoms with van der Waals surface area (Å²) in [6, 6.07) is 5.65. The van der Waals surface area contributed by atoms with Crippen molar-refractivity contribution in [2.24, 2.45) is 0 Å². The maximum absolute atomic E-state index is 12.5. The number of carbonyl (C=O) groups is 1. The Labute approximate surface area is 184 Å². The monoisotopic (exact) mass is 448 g/mol. The van der Waals surface area contributed by atoms with Gasteiger partial charge in [0.25, 0.3) is 0 Å². The lowest BCUT2D eigenvalue weighted by Gasteiger charge is -2.14. The van der Waals surface area contributed by atoms with Crippen LogP contribution in [0.3, 0.4) is 0 Å². The van der Waals surface area contributed by atoms with Crippen molar-refractivity contribution in [2.45, 2.75) is 52.2 Å². The average Bonchev–Trinajstić information content (AvgIpc) is 3.25. The predicted octanol–water partition coefficient (Wildman–Crippen LogP) is 6.15. The zero-order valence-corrected chi connectivity index (χ0v) is 19.6. The van der Waals surface area contributed by atoms with Gasteiger partial charge in [-0.2, -0.15) is 0 Å². The second-order valence-corrected chi connectivity index (χ2v) is 9.57. The highest BCUT2D eigenvalue weighted by molar-refractivity contribution is 7.99. The summed E-state index contributed by atoms with van der Waals surface area (Å²) in [7, 11) is 0. The molecule has 0 aliphatic carbocycles. The van der Waals surface area contributed by atoms with Gasteiger partial charge in [0, 0.05) is 32.6 Å². The molecule has 0 aliphatic rings. The van der Waals surface area contributed by atoms with Crippen molar-refractivity contribution >= 4 is 46.3 Å². The minimum absolute atomic E-state index is 0.0964. The first-order valence-electron chi connectivity index (χ1n) is 9.52. The van der Waals surface area contributed by atoms with Crippen LogP contribution < -0.4 is 5.32 Å². The van der Waals surface area contributed by atoms with E-state index < -0.39 is 0 Å².